The molecule has 0 radical (unpaired) electrons. The van der Waals surface area contributed by atoms with E-state index in [9.17, 15) is 18.5 Å². The van der Waals surface area contributed by atoms with E-state index in [0.29, 0.717) is 33.7 Å². The highest BCUT2D eigenvalue weighted by Gasteiger charge is 2.26. The lowest BCUT2D eigenvalue weighted by atomic mass is 10.0. The summed E-state index contributed by atoms with van der Waals surface area (Å²) < 4.78 is 37.0. The number of nitro groups is 1. The maximum atomic E-state index is 12.5. The van der Waals surface area contributed by atoms with Crippen LogP contribution in [-0.4, -0.2) is 42.3 Å². The fourth-order valence-electron chi connectivity index (χ4n) is 3.54. The van der Waals surface area contributed by atoms with Gasteiger partial charge in [0.25, 0.3) is 5.69 Å². The Balaban J connectivity index is 2.00. The third kappa shape index (κ3) is 4.33. The van der Waals surface area contributed by atoms with Gasteiger partial charge >= 0.3 is 0 Å². The fraction of sp³-hybridized carbons (Fsp3) is 0.143. The second-order valence-electron chi connectivity index (χ2n) is 7.10. The first-order valence-electron chi connectivity index (χ1n) is 9.57. The van der Waals surface area contributed by atoms with Crippen LogP contribution in [0.1, 0.15) is 11.1 Å². The van der Waals surface area contributed by atoms with E-state index in [0.717, 1.165) is 6.07 Å². The molecule has 2 N–H and O–H groups in total. The van der Waals surface area contributed by atoms with Crippen molar-refractivity contribution in [1.82, 2.24) is 14.8 Å². The molecule has 0 aliphatic heterocycles. The molecule has 0 saturated carbocycles. The summed E-state index contributed by atoms with van der Waals surface area (Å²) in [4.78, 5) is 14.7. The van der Waals surface area contributed by atoms with Crippen molar-refractivity contribution in [2.45, 2.75) is 11.3 Å². The topological polar surface area (TPSA) is 152 Å². The number of non-ortho nitro benzene ring substituents is 1. The van der Waals surface area contributed by atoms with Crippen LogP contribution in [0.4, 0.5) is 5.69 Å². The van der Waals surface area contributed by atoms with Crippen molar-refractivity contribution in [1.29, 1.82) is 0 Å². The molecule has 0 spiro atoms. The molecule has 0 saturated heterocycles. The monoisotopic (exact) mass is 469 g/mol. The van der Waals surface area contributed by atoms with Gasteiger partial charge in [-0.15, -0.1) is 5.10 Å². The highest BCUT2D eigenvalue weighted by molar-refractivity contribution is 7.89. The summed E-state index contributed by atoms with van der Waals surface area (Å²) in [6, 6.07) is 10.8. The predicted octanol–water partition coefficient (Wildman–Crippen LogP) is 2.58. The molecule has 2 aromatic carbocycles. The number of methoxy groups -OCH3 is 2. The van der Waals surface area contributed by atoms with Crippen LogP contribution in [0.3, 0.4) is 0 Å². The van der Waals surface area contributed by atoms with E-state index in [4.69, 9.17) is 14.6 Å². The van der Waals surface area contributed by atoms with Crippen LogP contribution in [0.5, 0.6) is 11.5 Å². The summed E-state index contributed by atoms with van der Waals surface area (Å²) in [5.41, 5.74) is 1.02. The Morgan fingerprint density at radius 1 is 1.12 bits per heavy atom. The second-order valence-corrected chi connectivity index (χ2v) is 8.63. The van der Waals surface area contributed by atoms with E-state index in [-0.39, 0.29) is 12.1 Å². The highest BCUT2D eigenvalue weighted by atomic mass is 32.2. The van der Waals surface area contributed by atoms with E-state index >= 15 is 0 Å². The summed E-state index contributed by atoms with van der Waals surface area (Å²) in [5, 5.41) is 22.1. The molecule has 0 aliphatic rings. The Hall–Kier alpha value is -4.03. The zero-order valence-corrected chi connectivity index (χ0v) is 18.4. The largest absolute Gasteiger partial charge is 0.497 e. The second kappa shape index (κ2) is 8.48. The van der Waals surface area contributed by atoms with Gasteiger partial charge in [-0.05, 0) is 29.3 Å². The van der Waals surface area contributed by atoms with Gasteiger partial charge in [-0.3, -0.25) is 10.1 Å². The van der Waals surface area contributed by atoms with E-state index in [1.807, 2.05) is 0 Å². The fourth-order valence-corrected chi connectivity index (χ4v) is 4.32. The van der Waals surface area contributed by atoms with Gasteiger partial charge < -0.3 is 9.47 Å². The number of aromatic nitrogens is 3. The first kappa shape index (κ1) is 22.2. The number of rotatable bonds is 7. The van der Waals surface area contributed by atoms with Crippen molar-refractivity contribution in [2.75, 3.05) is 14.2 Å². The number of pyridine rings is 1. The SMILES string of the molecule is COc1ccc(Cc2cc([N+](=O)[O-])cc(S(N)(=O)=O)c2-n2cc3cccnc3n2)c(OC)c1. The highest BCUT2D eigenvalue weighted by Crippen LogP contribution is 2.34. The first-order chi connectivity index (χ1) is 15.7. The number of nitro benzene ring substituents is 1. The smallest absolute Gasteiger partial charge is 0.271 e. The Kier molecular flexibility index (Phi) is 5.70. The van der Waals surface area contributed by atoms with E-state index in [2.05, 4.69) is 10.1 Å². The number of benzene rings is 2. The molecule has 4 aromatic rings. The standard InChI is InChI=1S/C21H19N5O6S/c1-31-17-6-5-13(18(11-17)32-2)8-15-9-16(26(27)28)10-19(33(22,29)30)20(15)25-12-14-4-3-7-23-21(14)24-25/h3-7,9-12H,8H2,1-2H3,(H2,22,29,30). The van der Waals surface area contributed by atoms with Gasteiger partial charge in [0, 0.05) is 42.4 Å². The predicted molar refractivity (Wildman–Crippen MR) is 119 cm³/mol. The van der Waals surface area contributed by atoms with Gasteiger partial charge in [0.1, 0.15) is 16.4 Å². The maximum Gasteiger partial charge on any atom is 0.271 e. The van der Waals surface area contributed by atoms with Crippen molar-refractivity contribution >= 4 is 26.7 Å². The molecule has 170 valence electrons. The lowest BCUT2D eigenvalue weighted by Gasteiger charge is -2.16. The van der Waals surface area contributed by atoms with Gasteiger partial charge in [-0.25, -0.2) is 23.2 Å². The zero-order chi connectivity index (χ0) is 23.8. The molecule has 0 unspecified atom stereocenters. The molecule has 0 fully saturated rings. The molecule has 2 aromatic heterocycles. The number of sulfonamides is 1. The normalized spacial score (nSPS) is 11.5. The van der Waals surface area contributed by atoms with Crippen LogP contribution in [-0.2, 0) is 16.4 Å². The van der Waals surface area contributed by atoms with Crippen LogP contribution in [0.15, 0.2) is 59.8 Å². The van der Waals surface area contributed by atoms with Crippen LogP contribution >= 0.6 is 0 Å². The number of hydrogen-bond donors (Lipinski definition) is 1. The van der Waals surface area contributed by atoms with E-state index < -0.39 is 25.5 Å². The molecule has 0 aliphatic carbocycles. The summed E-state index contributed by atoms with van der Waals surface area (Å²) in [6.07, 6.45) is 3.24. The lowest BCUT2D eigenvalue weighted by Crippen LogP contribution is -2.18. The zero-order valence-electron chi connectivity index (χ0n) is 17.6. The molecule has 33 heavy (non-hydrogen) atoms. The summed E-state index contributed by atoms with van der Waals surface area (Å²) >= 11 is 0. The van der Waals surface area contributed by atoms with Gasteiger partial charge in [0.2, 0.25) is 10.0 Å². The number of ether oxygens (including phenoxy) is 2. The third-order valence-electron chi connectivity index (χ3n) is 5.04. The first-order valence-corrected chi connectivity index (χ1v) is 11.1. The van der Waals surface area contributed by atoms with Crippen LogP contribution in [0, 0.1) is 10.1 Å². The van der Waals surface area contributed by atoms with Crippen LogP contribution in [0.25, 0.3) is 16.7 Å². The minimum Gasteiger partial charge on any atom is -0.497 e. The van der Waals surface area contributed by atoms with Crippen LogP contribution < -0.4 is 14.6 Å². The molecule has 0 amide bonds. The minimum atomic E-state index is -4.35. The molecule has 11 nitrogen and oxygen atoms in total. The molecule has 2 heterocycles. The Bertz CT molecular complexity index is 1450. The Morgan fingerprint density at radius 2 is 1.91 bits per heavy atom. The minimum absolute atomic E-state index is 0.0936. The molecule has 12 heteroatoms. The van der Waals surface area contributed by atoms with Crippen LogP contribution in [0.2, 0.25) is 0 Å². The maximum absolute atomic E-state index is 12.5. The van der Waals surface area contributed by atoms with Gasteiger partial charge in [0.15, 0.2) is 5.65 Å². The molecule has 0 bridgehead atoms. The number of nitrogens with two attached hydrogens (primary N) is 1. The molecule has 0 atom stereocenters. The average molecular weight is 469 g/mol. The third-order valence-corrected chi connectivity index (χ3v) is 5.97. The Labute approximate surface area is 188 Å². The summed E-state index contributed by atoms with van der Waals surface area (Å²) in [6.45, 7) is 0. The lowest BCUT2D eigenvalue weighted by molar-refractivity contribution is -0.385. The summed E-state index contributed by atoms with van der Waals surface area (Å²) in [7, 11) is -1.36. The van der Waals surface area contributed by atoms with E-state index in [1.54, 1.807) is 42.7 Å². The van der Waals surface area contributed by atoms with Gasteiger partial charge in [-0.2, -0.15) is 0 Å². The van der Waals surface area contributed by atoms with Gasteiger partial charge in [-0.1, -0.05) is 6.07 Å². The number of fused-ring (bicyclic) bond motifs is 1. The van der Waals surface area contributed by atoms with Crippen molar-refractivity contribution in [3.8, 4) is 17.2 Å². The van der Waals surface area contributed by atoms with E-state index in [1.165, 1.54) is 25.0 Å². The molecule has 4 rings (SSSR count). The summed E-state index contributed by atoms with van der Waals surface area (Å²) in [5.74, 6) is 1.03. The average Bonchev–Trinajstić information content (AvgIpc) is 3.22. The van der Waals surface area contributed by atoms with Crippen molar-refractivity contribution in [3.63, 3.8) is 0 Å². The number of primary sulfonamides is 1. The van der Waals surface area contributed by atoms with Gasteiger partial charge in [0.05, 0.1) is 24.8 Å². The Morgan fingerprint density at radius 3 is 2.55 bits per heavy atom. The molecular formula is C21H19N5O6S. The number of hydrogen-bond acceptors (Lipinski definition) is 8. The van der Waals surface area contributed by atoms with Crippen molar-refractivity contribution < 1.29 is 22.8 Å². The molecular weight excluding hydrogens is 450 g/mol. The van der Waals surface area contributed by atoms with Crippen molar-refractivity contribution in [2.24, 2.45) is 5.14 Å². The quantitative estimate of drug-likeness (QED) is 0.320. The van der Waals surface area contributed by atoms with Crippen molar-refractivity contribution in [3.05, 3.63) is 76.1 Å². The number of nitrogens with zero attached hydrogens (tertiary/aromatic N) is 4.